The van der Waals surface area contributed by atoms with Gasteiger partial charge in [-0.2, -0.15) is 0 Å². The molecule has 0 amide bonds. The minimum absolute atomic E-state index is 0.221. The Bertz CT molecular complexity index is 2730. The number of benzene rings is 4. The van der Waals surface area contributed by atoms with Crippen LogP contribution in [0.15, 0.2) is 165 Å². The number of ketones is 6. The molecule has 0 aliphatic heterocycles. The molecule has 4 aromatic carbocycles. The normalized spacial score (nSPS) is 28.5. The van der Waals surface area contributed by atoms with Gasteiger partial charge in [-0.1, -0.05) is 97.1 Å². The van der Waals surface area contributed by atoms with Crippen molar-refractivity contribution in [3.8, 4) is 0 Å². The van der Waals surface area contributed by atoms with Crippen LogP contribution in [0, 0.1) is 0 Å². The molecule has 6 bridgehead atoms. The molecule has 4 atom stereocenters. The third-order valence-corrected chi connectivity index (χ3v) is 13.7. The molecule has 0 saturated carbocycles. The summed E-state index contributed by atoms with van der Waals surface area (Å²) in [5.41, 5.74) is 9.92. The fraction of sp³-hybridized carbons (Fsp3) is 0.125. The van der Waals surface area contributed by atoms with Gasteiger partial charge in [0.15, 0.2) is 34.7 Å². The van der Waals surface area contributed by atoms with Crippen LogP contribution in [-0.4, -0.2) is 34.7 Å². The summed E-state index contributed by atoms with van der Waals surface area (Å²) < 4.78 is 0. The first-order valence-corrected chi connectivity index (χ1v) is 18.4. The summed E-state index contributed by atoms with van der Waals surface area (Å²) in [4.78, 5) is 89.1. The van der Waals surface area contributed by atoms with Crippen molar-refractivity contribution < 1.29 is 28.8 Å². The Labute approximate surface area is 307 Å². The van der Waals surface area contributed by atoms with Gasteiger partial charge < -0.3 is 0 Å². The molecule has 6 nitrogen and oxygen atoms in total. The zero-order chi connectivity index (χ0) is 36.0. The Balaban J connectivity index is 1.04. The number of carbonyl (C=O) groups is 6. The predicted molar refractivity (Wildman–Crippen MR) is 195 cm³/mol. The van der Waals surface area contributed by atoms with Gasteiger partial charge in [0, 0.05) is 91.2 Å². The molecular weight excluding hydrogens is 673 g/mol. The molecule has 0 aromatic heterocycles. The minimum Gasteiger partial charge on any atom is -0.290 e. The third-order valence-electron chi connectivity index (χ3n) is 13.7. The van der Waals surface area contributed by atoms with Crippen molar-refractivity contribution >= 4 is 34.7 Å². The fourth-order valence-corrected chi connectivity index (χ4v) is 12.0. The van der Waals surface area contributed by atoms with Gasteiger partial charge >= 0.3 is 0 Å². The second-order valence-corrected chi connectivity index (χ2v) is 15.6. The van der Waals surface area contributed by atoms with Gasteiger partial charge in [-0.3, -0.25) is 28.8 Å². The second-order valence-electron chi connectivity index (χ2n) is 15.6. The molecule has 252 valence electrons. The quantitative estimate of drug-likeness (QED) is 0.193. The van der Waals surface area contributed by atoms with E-state index in [0.717, 1.165) is 44.5 Å². The Morgan fingerprint density at radius 1 is 0.241 bits per heavy atom. The lowest BCUT2D eigenvalue weighted by Gasteiger charge is -2.52. The average Bonchev–Trinajstić information content (AvgIpc) is 3.22. The van der Waals surface area contributed by atoms with E-state index in [4.69, 9.17) is 0 Å². The Morgan fingerprint density at radius 3 is 0.667 bits per heavy atom. The van der Waals surface area contributed by atoms with E-state index in [1.54, 1.807) is 0 Å². The molecule has 0 unspecified atom stereocenters. The van der Waals surface area contributed by atoms with E-state index < -0.39 is 35.5 Å². The highest BCUT2D eigenvalue weighted by Gasteiger charge is 2.63. The van der Waals surface area contributed by atoms with Crippen LogP contribution < -0.4 is 0 Å². The Morgan fingerprint density at radius 2 is 0.426 bits per heavy atom. The standard InChI is InChI=1S/C48H24O6/c49-27-17-18-28(50)36-32-24-14-6-5-13-23(24)31(35(27)36)39-40(32)48(54)44-34-26-16-8-7-15-25(26)33(43(44)47(39)53)41-42(34)46(52)38-30-20-10-2-1-9-19(20)29(37(38)45(41)51)21-11-3-4-12-22(21)30/h1-18,29-34H/t29?,30?,31-,32+,33-,34+. The maximum absolute atomic E-state index is 15.5. The molecule has 0 fully saturated rings. The molecule has 0 heterocycles. The van der Waals surface area contributed by atoms with Crippen molar-refractivity contribution in [3.63, 3.8) is 0 Å². The lowest BCUT2D eigenvalue weighted by Crippen LogP contribution is -2.49. The van der Waals surface area contributed by atoms with Gasteiger partial charge in [0.2, 0.25) is 0 Å². The van der Waals surface area contributed by atoms with Crippen LogP contribution in [0.3, 0.4) is 0 Å². The number of rotatable bonds is 0. The van der Waals surface area contributed by atoms with Crippen molar-refractivity contribution in [1.29, 1.82) is 0 Å². The maximum Gasteiger partial charge on any atom is 0.187 e. The average molecular weight is 697 g/mol. The van der Waals surface area contributed by atoms with E-state index in [1.807, 2.05) is 97.1 Å². The van der Waals surface area contributed by atoms with E-state index in [9.17, 15) is 9.59 Å². The number of hydrogen-bond acceptors (Lipinski definition) is 6. The lowest BCUT2D eigenvalue weighted by molar-refractivity contribution is -0.119. The van der Waals surface area contributed by atoms with E-state index in [-0.39, 0.29) is 68.1 Å². The summed E-state index contributed by atoms with van der Waals surface area (Å²) >= 11 is 0. The number of allylic oxidation sites excluding steroid dienone is 12. The third kappa shape index (κ3) is 2.93. The molecule has 12 aliphatic carbocycles. The summed E-state index contributed by atoms with van der Waals surface area (Å²) in [6.07, 6.45) is 2.51. The van der Waals surface area contributed by atoms with Crippen LogP contribution in [-0.2, 0) is 28.8 Å². The van der Waals surface area contributed by atoms with Crippen molar-refractivity contribution in [2.75, 3.05) is 0 Å². The summed E-state index contributed by atoms with van der Waals surface area (Å²) in [6.45, 7) is 0. The molecule has 0 radical (unpaired) electrons. The van der Waals surface area contributed by atoms with E-state index in [1.165, 1.54) is 12.2 Å². The molecule has 12 aliphatic rings. The first-order valence-electron chi connectivity index (χ1n) is 18.4. The van der Waals surface area contributed by atoms with E-state index in [2.05, 4.69) is 0 Å². The van der Waals surface area contributed by atoms with Crippen LogP contribution >= 0.6 is 0 Å². The van der Waals surface area contributed by atoms with Gasteiger partial charge in [-0.05, 0) is 56.7 Å². The summed E-state index contributed by atoms with van der Waals surface area (Å²) in [6, 6.07) is 31.0. The van der Waals surface area contributed by atoms with Crippen molar-refractivity contribution in [2.24, 2.45) is 0 Å². The second kappa shape index (κ2) is 9.28. The van der Waals surface area contributed by atoms with Crippen molar-refractivity contribution in [2.45, 2.75) is 35.5 Å². The van der Waals surface area contributed by atoms with Gasteiger partial charge in [-0.15, -0.1) is 0 Å². The molecule has 16 rings (SSSR count). The molecule has 0 saturated heterocycles. The summed E-state index contributed by atoms with van der Waals surface area (Å²) in [5, 5.41) is 0. The summed E-state index contributed by atoms with van der Waals surface area (Å²) in [7, 11) is 0. The van der Waals surface area contributed by atoms with Crippen molar-refractivity contribution in [3.05, 3.63) is 209 Å². The molecule has 6 heteroatoms. The number of carbonyl (C=O) groups excluding carboxylic acids is 6. The Kier molecular flexibility index (Phi) is 4.96. The molecular formula is C48H24O6. The SMILES string of the molecule is O=C1C=CC(=O)C2=C1[C@@H]1C3=C(C(=O)C4=C(C3=O)[C@H]3C5=C(C(=O)C6=C(C5=O)C5c7ccccc7C6c6ccccc65)[C@@H]4c4ccccc43)[C@H]2c2ccccc21. The molecule has 0 N–H and O–H groups in total. The highest BCUT2D eigenvalue weighted by molar-refractivity contribution is 6.37. The van der Waals surface area contributed by atoms with Crippen LogP contribution in [0.4, 0.5) is 0 Å². The first kappa shape index (κ1) is 28.9. The molecule has 4 aromatic rings. The number of hydrogen-bond donors (Lipinski definition) is 0. The van der Waals surface area contributed by atoms with E-state index >= 15 is 19.2 Å². The highest BCUT2D eigenvalue weighted by atomic mass is 16.2. The van der Waals surface area contributed by atoms with Crippen LogP contribution in [0.1, 0.15) is 80.0 Å². The first-order chi connectivity index (χ1) is 26.4. The lowest BCUT2D eigenvalue weighted by atomic mass is 9.48. The van der Waals surface area contributed by atoms with Crippen LogP contribution in [0.2, 0.25) is 0 Å². The Hall–Kier alpha value is -6.66. The topological polar surface area (TPSA) is 102 Å². The van der Waals surface area contributed by atoms with Gasteiger partial charge in [0.05, 0.1) is 0 Å². The van der Waals surface area contributed by atoms with Crippen molar-refractivity contribution in [1.82, 2.24) is 0 Å². The van der Waals surface area contributed by atoms with Gasteiger partial charge in [0.25, 0.3) is 0 Å². The van der Waals surface area contributed by atoms with Crippen LogP contribution in [0.25, 0.3) is 0 Å². The van der Waals surface area contributed by atoms with Gasteiger partial charge in [0.1, 0.15) is 0 Å². The predicted octanol–water partition coefficient (Wildman–Crippen LogP) is 6.56. The highest BCUT2D eigenvalue weighted by Crippen LogP contribution is 2.67. The largest absolute Gasteiger partial charge is 0.290 e. The van der Waals surface area contributed by atoms with Gasteiger partial charge in [-0.25, -0.2) is 0 Å². The minimum atomic E-state index is -0.939. The zero-order valence-electron chi connectivity index (χ0n) is 28.3. The van der Waals surface area contributed by atoms with Crippen LogP contribution in [0.5, 0.6) is 0 Å². The zero-order valence-corrected chi connectivity index (χ0v) is 28.3. The molecule has 0 spiro atoms. The molecule has 54 heavy (non-hydrogen) atoms. The summed E-state index contributed by atoms with van der Waals surface area (Å²) in [5.74, 6) is -6.50. The smallest absolute Gasteiger partial charge is 0.187 e. The fourth-order valence-electron chi connectivity index (χ4n) is 12.0. The number of Topliss-reactive ketones (excluding diaryl/α,β-unsaturated/α-hetero) is 4. The maximum atomic E-state index is 15.5. The van der Waals surface area contributed by atoms with E-state index in [0.29, 0.717) is 22.3 Å². The monoisotopic (exact) mass is 696 g/mol.